The first-order chi connectivity index (χ1) is 41.9. The molecule has 11 aromatic rings. The molecule has 4 atom stereocenters. The largest absolute Gasteiger partial charge is 0.280 e. The number of hydrogen-bond acceptors (Lipinski definition) is 0. The summed E-state index contributed by atoms with van der Waals surface area (Å²) in [5.74, 6) is -10.0. The molecular weight excluding hydrogens is 1760 g/mol. The fourth-order valence-corrected chi connectivity index (χ4v) is 16.2. The summed E-state index contributed by atoms with van der Waals surface area (Å²) in [4.78, 5) is 0. The number of alkyl halides is 5. The van der Waals surface area contributed by atoms with Crippen molar-refractivity contribution in [2.75, 3.05) is 0 Å². The average Bonchev–Trinajstić information content (AvgIpc) is 2.83. The van der Waals surface area contributed by atoms with Gasteiger partial charge in [-0.3, -0.25) is 24.0 Å². The van der Waals surface area contributed by atoms with E-state index in [0.717, 1.165) is 6.07 Å². The number of benzene rings is 11. The summed E-state index contributed by atoms with van der Waals surface area (Å²) in [6.07, 6.45) is -12.3. The van der Waals surface area contributed by atoms with E-state index in [9.17, 15) is 43.9 Å². The van der Waals surface area contributed by atoms with Crippen molar-refractivity contribution in [1.29, 1.82) is 0 Å². The average molecular weight is 1830 g/mol. The Morgan fingerprint density at radius 2 is 0.438 bits per heavy atom. The SMILES string of the molecule is FC1[CH-]C(F)C(F)C(F)C1F.Fc1[c-]c(F)c(F)c(F)c1F.[Pt].[Pt].[Pt].c1ccc([PH+](c2ccccc2)c2ccccc2)cc1.c1ccc([PH+](c2ccccc2)c2ccccc2)cc1.c1ccc([PH2+]c2ccccc2)cc1.c1ccc([PH2+]c2ccccc2)cc1. The number of hydrogen-bond donors (Lipinski definition) is 0. The molecule has 0 N–H and O–H groups in total. The third kappa shape index (κ3) is 24.9. The van der Waals surface area contributed by atoms with Gasteiger partial charge in [0.2, 0.25) is 0 Å². The second kappa shape index (κ2) is 41.8. The summed E-state index contributed by atoms with van der Waals surface area (Å²) in [6, 6.07) is 109. The van der Waals surface area contributed by atoms with Crippen LogP contribution in [-0.2, 0) is 63.2 Å². The quantitative estimate of drug-likeness (QED) is 0.0421. The monoisotopic (exact) mass is 1830 g/mol. The summed E-state index contributed by atoms with van der Waals surface area (Å²) >= 11 is 0. The second-order valence-electron chi connectivity index (χ2n) is 19.0. The summed E-state index contributed by atoms with van der Waals surface area (Å²) < 4.78 is 121. The van der Waals surface area contributed by atoms with Crippen molar-refractivity contribution in [2.45, 2.75) is 30.9 Å². The molecule has 17 heteroatoms. The maximum Gasteiger partial charge on any atom is 0.162 e. The zero-order valence-electron chi connectivity index (χ0n) is 47.2. The number of rotatable bonds is 10. The Balaban J connectivity index is 0.000000230. The van der Waals surface area contributed by atoms with E-state index in [1.807, 2.05) is 0 Å². The smallest absolute Gasteiger partial charge is 0.162 e. The van der Waals surface area contributed by atoms with Crippen molar-refractivity contribution in [3.8, 4) is 0 Å². The van der Waals surface area contributed by atoms with Crippen LogP contribution in [0.3, 0.4) is 0 Å². The first kappa shape index (κ1) is 76.0. The van der Waals surface area contributed by atoms with Gasteiger partial charge in [-0.2, -0.15) is 0 Å². The predicted molar refractivity (Wildman–Crippen MR) is 351 cm³/mol. The van der Waals surface area contributed by atoms with Crippen molar-refractivity contribution in [2.24, 2.45) is 0 Å². The van der Waals surface area contributed by atoms with Gasteiger partial charge in [-0.1, -0.05) is 182 Å². The Kier molecular flexibility index (Phi) is 35.7. The zero-order valence-corrected chi connectivity index (χ0v) is 58.3. The fourth-order valence-electron chi connectivity index (χ4n) is 8.62. The zero-order chi connectivity index (χ0) is 60.9. The van der Waals surface area contributed by atoms with Crippen LogP contribution in [0.5, 0.6) is 0 Å². The molecule has 0 aromatic heterocycles. The van der Waals surface area contributed by atoms with E-state index in [0.29, 0.717) is 0 Å². The molecule has 4 unspecified atom stereocenters. The van der Waals surface area contributed by atoms with Gasteiger partial charge in [-0.15, -0.1) is 6.07 Å². The molecule has 0 spiro atoms. The molecule has 89 heavy (non-hydrogen) atoms. The molecule has 0 saturated heterocycles. The van der Waals surface area contributed by atoms with E-state index in [4.69, 9.17) is 0 Å². The molecule has 0 heterocycles. The second-order valence-corrected chi connectivity index (χ2v) is 27.2. The molecule has 0 radical (unpaired) electrons. The third-order valence-electron chi connectivity index (χ3n) is 12.8. The van der Waals surface area contributed by atoms with Crippen LogP contribution in [0.2, 0.25) is 0 Å². The minimum atomic E-state index is -2.69. The van der Waals surface area contributed by atoms with Crippen LogP contribution < -0.4 is 53.0 Å². The van der Waals surface area contributed by atoms with Gasteiger partial charge in [0.25, 0.3) is 0 Å². The molecule has 0 nitrogen and oxygen atoms in total. The molecule has 1 aliphatic carbocycles. The van der Waals surface area contributed by atoms with E-state index in [1.165, 1.54) is 53.0 Å². The van der Waals surface area contributed by atoms with Crippen LogP contribution >= 0.6 is 33.0 Å². The van der Waals surface area contributed by atoms with Crippen LogP contribution in [0.1, 0.15) is 0 Å². The molecule has 11 aromatic carbocycles. The van der Waals surface area contributed by atoms with Crippen molar-refractivity contribution < 1.29 is 107 Å². The molecule has 0 amide bonds. The Morgan fingerprint density at radius 3 is 0.629 bits per heavy atom. The molecule has 1 fully saturated rings. The molecule has 12 rings (SSSR count). The van der Waals surface area contributed by atoms with Crippen molar-refractivity contribution >= 4 is 86.0 Å². The molecule has 1 aliphatic rings. The van der Waals surface area contributed by atoms with E-state index >= 15 is 0 Å². The Morgan fingerprint density at radius 1 is 0.258 bits per heavy atom. The van der Waals surface area contributed by atoms with Gasteiger partial charge in [0.1, 0.15) is 44.2 Å². The fraction of sp³-hybridized carbons (Fsp3) is 0.0694. The Labute approximate surface area is 564 Å². The van der Waals surface area contributed by atoms with Crippen molar-refractivity contribution in [1.82, 2.24) is 0 Å². The van der Waals surface area contributed by atoms with E-state index in [2.05, 4.69) is 303 Å². The maximum atomic E-state index is 12.2. The van der Waals surface area contributed by atoms with Gasteiger partial charge in [-0.25, -0.2) is 26.3 Å². The van der Waals surface area contributed by atoms with Crippen molar-refractivity contribution in [3.63, 3.8) is 0 Å². The summed E-state index contributed by atoms with van der Waals surface area (Å²) in [6.45, 7) is 0. The van der Waals surface area contributed by atoms with Gasteiger partial charge in [0.05, 0.1) is 83.3 Å². The Bertz CT molecular complexity index is 3120. The van der Waals surface area contributed by atoms with Gasteiger partial charge in [0, 0.05) is 75.5 Å². The molecule has 0 aliphatic heterocycles. The Hall–Kier alpha value is -5.50. The standard InChI is InChI=1S/2C18H15P.2C12H11P.C6H6F5.C6F5.3Pt/c2*1-4-10-16(11-5-1)19(17-12-6-2-7-13-17)18-14-8-3-9-15-18;2*1-3-7-11(8-4-1)13-12-9-5-2-6-10-12;2*7-2-1-3(8)5(10)6(11)4(2)9;;;/h2*1-15H;2*1-10,13H;1-6H;;;;/q;;;;2*-1;;;/p+4. The van der Waals surface area contributed by atoms with Crippen LogP contribution in [-0.4, -0.2) is 30.9 Å². The molecule has 1 saturated carbocycles. The number of halogens is 10. The van der Waals surface area contributed by atoms with Gasteiger partial charge in [-0.05, 0) is 121 Å². The predicted octanol–water partition coefficient (Wildman–Crippen LogP) is 14.5. The third-order valence-corrected chi connectivity index (χ3v) is 21.2. The van der Waals surface area contributed by atoms with Gasteiger partial charge >= 0.3 is 0 Å². The minimum absolute atomic E-state index is 0. The van der Waals surface area contributed by atoms with Crippen LogP contribution in [0.15, 0.2) is 303 Å². The van der Waals surface area contributed by atoms with Crippen molar-refractivity contribution in [3.05, 3.63) is 345 Å². The normalized spacial score (nSPS) is 15.2. The van der Waals surface area contributed by atoms with E-state index in [-0.39, 0.29) is 86.8 Å². The summed E-state index contributed by atoms with van der Waals surface area (Å²) in [7, 11) is -1.21. The summed E-state index contributed by atoms with van der Waals surface area (Å²) in [5.41, 5.74) is 0. The maximum absolute atomic E-state index is 12.2. The van der Waals surface area contributed by atoms with Crippen LogP contribution in [0.25, 0.3) is 0 Å². The summed E-state index contributed by atoms with van der Waals surface area (Å²) in [5, 5.41) is 14.4. The van der Waals surface area contributed by atoms with Gasteiger partial charge < -0.3 is 0 Å². The minimum Gasteiger partial charge on any atom is -0.280 e. The van der Waals surface area contributed by atoms with Crippen LogP contribution in [0.4, 0.5) is 43.9 Å². The molecular formula is C72H62F10P4Pt3+2. The van der Waals surface area contributed by atoms with E-state index in [1.54, 1.807) is 0 Å². The van der Waals surface area contributed by atoms with E-state index < -0.39 is 75.8 Å². The van der Waals surface area contributed by atoms with Gasteiger partial charge in [0.15, 0.2) is 6.17 Å². The first-order valence-electron chi connectivity index (χ1n) is 27.3. The molecule has 0 bridgehead atoms. The molecule has 468 valence electrons. The topological polar surface area (TPSA) is 0 Å². The van der Waals surface area contributed by atoms with Crippen LogP contribution in [0, 0.1) is 41.6 Å². The first-order valence-corrected chi connectivity index (χ1v) is 32.6.